The standard InChI is InChI=1S/C32H43N3O3/c1-4-18-34(19-5-2)20-17-33-31(36)27-15-13-25(14-16-27)22-30-32(37)35(23-26-10-8-9-24(3)21-26)28-11-6-7-12-29(28)38-30/h8-10,13-16,21-22,28-29H,4-7,11-12,17-20,23H2,1-3H3,(H,33,36)/b30-22+. The highest BCUT2D eigenvalue weighted by Gasteiger charge is 2.41. The number of hydrogen-bond donors (Lipinski definition) is 1. The average Bonchev–Trinajstić information content (AvgIpc) is 2.91. The van der Waals surface area contributed by atoms with Crippen molar-refractivity contribution in [2.75, 3.05) is 26.2 Å². The van der Waals surface area contributed by atoms with Crippen LogP contribution in [0.15, 0.2) is 54.3 Å². The molecule has 1 saturated carbocycles. The van der Waals surface area contributed by atoms with Gasteiger partial charge in [0.15, 0.2) is 5.76 Å². The lowest BCUT2D eigenvalue weighted by atomic mass is 9.89. The van der Waals surface area contributed by atoms with E-state index < -0.39 is 0 Å². The Kier molecular flexibility index (Phi) is 9.99. The highest BCUT2D eigenvalue weighted by atomic mass is 16.5. The highest BCUT2D eigenvalue weighted by molar-refractivity contribution is 5.97. The lowest BCUT2D eigenvalue weighted by Gasteiger charge is -2.44. The van der Waals surface area contributed by atoms with E-state index in [0.717, 1.165) is 69.3 Å². The summed E-state index contributed by atoms with van der Waals surface area (Å²) in [4.78, 5) is 30.6. The number of fused-ring (bicyclic) bond motifs is 1. The van der Waals surface area contributed by atoms with Crippen molar-refractivity contribution in [3.05, 3.63) is 76.5 Å². The van der Waals surface area contributed by atoms with E-state index in [9.17, 15) is 9.59 Å². The van der Waals surface area contributed by atoms with E-state index in [-0.39, 0.29) is 24.0 Å². The Balaban J connectivity index is 1.42. The van der Waals surface area contributed by atoms with Gasteiger partial charge in [-0.2, -0.15) is 0 Å². The summed E-state index contributed by atoms with van der Waals surface area (Å²) in [6.45, 7) is 10.6. The topological polar surface area (TPSA) is 61.9 Å². The second-order valence-corrected chi connectivity index (χ2v) is 10.7. The Morgan fingerprint density at radius 3 is 2.50 bits per heavy atom. The maximum atomic E-state index is 13.6. The molecule has 2 atom stereocenters. The first-order valence-corrected chi connectivity index (χ1v) is 14.3. The zero-order valence-corrected chi connectivity index (χ0v) is 23.2. The van der Waals surface area contributed by atoms with Gasteiger partial charge in [-0.25, -0.2) is 0 Å². The van der Waals surface area contributed by atoms with E-state index in [2.05, 4.69) is 55.3 Å². The van der Waals surface area contributed by atoms with Crippen molar-refractivity contribution >= 4 is 17.9 Å². The number of morpholine rings is 1. The summed E-state index contributed by atoms with van der Waals surface area (Å²) in [5, 5.41) is 3.04. The third-order valence-corrected chi connectivity index (χ3v) is 7.52. The number of carbonyl (C=O) groups excluding carboxylic acids is 2. The molecule has 2 aromatic rings. The molecular formula is C32H43N3O3. The molecule has 1 saturated heterocycles. The predicted octanol–water partition coefficient (Wildman–Crippen LogP) is 5.56. The summed E-state index contributed by atoms with van der Waals surface area (Å²) in [6.07, 6.45) is 8.28. The molecule has 6 heteroatoms. The Bertz CT molecular complexity index is 1110. The molecule has 6 nitrogen and oxygen atoms in total. The number of nitrogens with zero attached hydrogens (tertiary/aromatic N) is 2. The summed E-state index contributed by atoms with van der Waals surface area (Å²) in [6, 6.07) is 15.9. The van der Waals surface area contributed by atoms with Gasteiger partial charge in [0, 0.05) is 25.2 Å². The van der Waals surface area contributed by atoms with Crippen LogP contribution < -0.4 is 5.32 Å². The van der Waals surface area contributed by atoms with Crippen molar-refractivity contribution in [1.82, 2.24) is 15.1 Å². The van der Waals surface area contributed by atoms with Crippen LogP contribution in [-0.4, -0.2) is 59.9 Å². The lowest BCUT2D eigenvalue weighted by Crippen LogP contribution is -2.54. The predicted molar refractivity (Wildman–Crippen MR) is 153 cm³/mol. The molecule has 4 rings (SSSR count). The first kappa shape index (κ1) is 27.9. The van der Waals surface area contributed by atoms with Gasteiger partial charge in [-0.05, 0) is 81.5 Å². The molecule has 0 bridgehead atoms. The minimum absolute atomic E-state index is 0.0301. The summed E-state index contributed by atoms with van der Waals surface area (Å²) in [5.74, 6) is 0.265. The van der Waals surface area contributed by atoms with E-state index >= 15 is 0 Å². The lowest BCUT2D eigenvalue weighted by molar-refractivity contribution is -0.149. The number of hydrogen-bond acceptors (Lipinski definition) is 4. The molecule has 0 aromatic heterocycles. The maximum Gasteiger partial charge on any atom is 0.289 e. The van der Waals surface area contributed by atoms with Crippen LogP contribution >= 0.6 is 0 Å². The summed E-state index contributed by atoms with van der Waals surface area (Å²) in [7, 11) is 0. The van der Waals surface area contributed by atoms with Crippen LogP contribution in [0.4, 0.5) is 0 Å². The van der Waals surface area contributed by atoms with Gasteiger partial charge in [0.25, 0.3) is 11.8 Å². The fraction of sp³-hybridized carbons (Fsp3) is 0.500. The highest BCUT2D eigenvalue weighted by Crippen LogP contribution is 2.34. The van der Waals surface area contributed by atoms with Crippen LogP contribution in [0.3, 0.4) is 0 Å². The quantitative estimate of drug-likeness (QED) is 0.397. The van der Waals surface area contributed by atoms with Crippen molar-refractivity contribution in [3.8, 4) is 0 Å². The number of rotatable bonds is 11. The average molecular weight is 518 g/mol. The van der Waals surface area contributed by atoms with Crippen molar-refractivity contribution < 1.29 is 14.3 Å². The fourth-order valence-corrected chi connectivity index (χ4v) is 5.65. The van der Waals surface area contributed by atoms with Gasteiger partial charge in [0.1, 0.15) is 6.10 Å². The first-order valence-electron chi connectivity index (χ1n) is 14.3. The van der Waals surface area contributed by atoms with Gasteiger partial charge in [-0.15, -0.1) is 0 Å². The number of carbonyl (C=O) groups is 2. The summed E-state index contributed by atoms with van der Waals surface area (Å²) >= 11 is 0. The Morgan fingerprint density at radius 1 is 1.05 bits per heavy atom. The normalized spacial score (nSPS) is 20.4. The van der Waals surface area contributed by atoms with Crippen LogP contribution in [0.25, 0.3) is 6.08 Å². The molecule has 38 heavy (non-hydrogen) atoms. The molecule has 0 spiro atoms. The van der Waals surface area contributed by atoms with Gasteiger partial charge in [-0.1, -0.05) is 62.2 Å². The van der Waals surface area contributed by atoms with Crippen LogP contribution in [0.2, 0.25) is 0 Å². The summed E-state index contributed by atoms with van der Waals surface area (Å²) < 4.78 is 6.28. The summed E-state index contributed by atoms with van der Waals surface area (Å²) in [5.41, 5.74) is 3.81. The minimum Gasteiger partial charge on any atom is -0.482 e. The van der Waals surface area contributed by atoms with Gasteiger partial charge in [0.05, 0.1) is 6.04 Å². The van der Waals surface area contributed by atoms with Crippen molar-refractivity contribution in [2.24, 2.45) is 0 Å². The fourth-order valence-electron chi connectivity index (χ4n) is 5.65. The SMILES string of the molecule is CCCN(CCC)CCNC(=O)c1ccc(/C=C2/OC3CCCCC3N(Cc3cccc(C)c3)C2=O)cc1. The van der Waals surface area contributed by atoms with Gasteiger partial charge >= 0.3 is 0 Å². The molecule has 1 heterocycles. The molecular weight excluding hydrogens is 474 g/mol. The van der Waals surface area contributed by atoms with Crippen LogP contribution in [-0.2, 0) is 16.1 Å². The van der Waals surface area contributed by atoms with Crippen molar-refractivity contribution in [1.29, 1.82) is 0 Å². The van der Waals surface area contributed by atoms with Crippen molar-refractivity contribution in [3.63, 3.8) is 0 Å². The molecule has 0 radical (unpaired) electrons. The zero-order valence-electron chi connectivity index (χ0n) is 23.2. The first-order chi connectivity index (χ1) is 18.5. The number of amides is 2. The second-order valence-electron chi connectivity index (χ2n) is 10.7. The van der Waals surface area contributed by atoms with E-state index in [1.165, 1.54) is 5.56 Å². The van der Waals surface area contributed by atoms with E-state index in [4.69, 9.17) is 4.74 Å². The Labute approximate surface area is 228 Å². The van der Waals surface area contributed by atoms with Crippen LogP contribution in [0.5, 0.6) is 0 Å². The Hall–Kier alpha value is -3.12. The number of aryl methyl sites for hydroxylation is 1. The molecule has 2 aromatic carbocycles. The molecule has 2 fully saturated rings. The molecule has 1 N–H and O–H groups in total. The van der Waals surface area contributed by atoms with Gasteiger partial charge in [-0.3, -0.25) is 9.59 Å². The van der Waals surface area contributed by atoms with Gasteiger partial charge in [0.2, 0.25) is 0 Å². The largest absolute Gasteiger partial charge is 0.482 e. The smallest absolute Gasteiger partial charge is 0.289 e. The maximum absolute atomic E-state index is 13.6. The van der Waals surface area contributed by atoms with Gasteiger partial charge < -0.3 is 19.9 Å². The molecule has 2 unspecified atom stereocenters. The second kappa shape index (κ2) is 13.6. The Morgan fingerprint density at radius 2 is 1.79 bits per heavy atom. The van der Waals surface area contributed by atoms with E-state index in [1.807, 2.05) is 35.2 Å². The number of benzene rings is 2. The number of nitrogens with one attached hydrogen (secondary N) is 1. The van der Waals surface area contributed by atoms with Crippen LogP contribution in [0.1, 0.15) is 79.4 Å². The monoisotopic (exact) mass is 517 g/mol. The zero-order chi connectivity index (χ0) is 26.9. The molecule has 1 aliphatic heterocycles. The third kappa shape index (κ3) is 7.25. The molecule has 2 aliphatic rings. The third-order valence-electron chi connectivity index (χ3n) is 7.52. The molecule has 2 amide bonds. The van der Waals surface area contributed by atoms with E-state index in [1.54, 1.807) is 0 Å². The molecule has 204 valence electrons. The molecule has 1 aliphatic carbocycles. The van der Waals surface area contributed by atoms with Crippen LogP contribution in [0, 0.1) is 6.92 Å². The van der Waals surface area contributed by atoms with Crippen molar-refractivity contribution in [2.45, 2.75) is 78.0 Å². The van der Waals surface area contributed by atoms with E-state index in [0.29, 0.717) is 24.4 Å². The number of ether oxygens (including phenoxy) is 1. The minimum atomic E-state index is -0.0727.